The Balaban J connectivity index is 1.87. The Bertz CT molecular complexity index is 544. The summed E-state index contributed by atoms with van der Waals surface area (Å²) in [6.07, 6.45) is 3.44. The van der Waals surface area contributed by atoms with Crippen LogP contribution in [0, 0.1) is 12.8 Å². The minimum absolute atomic E-state index is 0.742. The van der Waals surface area contributed by atoms with Crippen LogP contribution < -0.4 is 0 Å². The molecule has 0 N–H and O–H groups in total. The van der Waals surface area contributed by atoms with Gasteiger partial charge in [-0.25, -0.2) is 0 Å². The van der Waals surface area contributed by atoms with Crippen LogP contribution in [0.5, 0.6) is 0 Å². The molecule has 0 bridgehead atoms. The summed E-state index contributed by atoms with van der Waals surface area (Å²) >= 11 is 0. The van der Waals surface area contributed by atoms with Crippen LogP contribution in [0.2, 0.25) is 0 Å². The van der Waals surface area contributed by atoms with Crippen molar-refractivity contribution in [1.29, 1.82) is 0 Å². The van der Waals surface area contributed by atoms with Crippen LogP contribution in [0.4, 0.5) is 0 Å². The second-order valence-electron chi connectivity index (χ2n) is 5.21. The van der Waals surface area contributed by atoms with E-state index in [4.69, 9.17) is 9.72 Å². The van der Waals surface area contributed by atoms with E-state index in [0.717, 1.165) is 31.1 Å². The number of ether oxygens (including phenoxy) is 1. The first-order valence-corrected chi connectivity index (χ1v) is 6.76. The van der Waals surface area contributed by atoms with Gasteiger partial charge in [0.25, 0.3) is 0 Å². The fourth-order valence-corrected chi connectivity index (χ4v) is 2.77. The summed E-state index contributed by atoms with van der Waals surface area (Å²) < 4.78 is 5.41. The van der Waals surface area contributed by atoms with E-state index in [2.05, 4.69) is 37.3 Å². The SMILES string of the molecule is Cc1cc(CC2CCOCC2)nc2ccccc12. The van der Waals surface area contributed by atoms with Crippen LogP contribution in [0.1, 0.15) is 24.1 Å². The molecular weight excluding hydrogens is 222 g/mol. The molecule has 0 spiro atoms. The van der Waals surface area contributed by atoms with E-state index in [0.29, 0.717) is 0 Å². The van der Waals surface area contributed by atoms with E-state index < -0.39 is 0 Å². The van der Waals surface area contributed by atoms with Gasteiger partial charge in [-0.2, -0.15) is 0 Å². The third kappa shape index (κ3) is 2.39. The van der Waals surface area contributed by atoms with Crippen molar-refractivity contribution in [2.24, 2.45) is 5.92 Å². The first-order chi connectivity index (χ1) is 8.83. The van der Waals surface area contributed by atoms with E-state index >= 15 is 0 Å². The second-order valence-corrected chi connectivity index (χ2v) is 5.21. The Kier molecular flexibility index (Phi) is 3.28. The summed E-state index contributed by atoms with van der Waals surface area (Å²) in [4.78, 5) is 4.79. The fraction of sp³-hybridized carbons (Fsp3) is 0.438. The number of aryl methyl sites for hydroxylation is 1. The van der Waals surface area contributed by atoms with E-state index in [1.807, 2.05) is 0 Å². The van der Waals surface area contributed by atoms with Crippen LogP contribution >= 0.6 is 0 Å². The van der Waals surface area contributed by atoms with Gasteiger partial charge in [0.05, 0.1) is 5.52 Å². The molecule has 0 unspecified atom stereocenters. The maximum absolute atomic E-state index is 5.41. The highest BCUT2D eigenvalue weighted by molar-refractivity contribution is 5.81. The Morgan fingerprint density at radius 3 is 2.83 bits per heavy atom. The number of hydrogen-bond acceptors (Lipinski definition) is 2. The van der Waals surface area contributed by atoms with E-state index in [1.165, 1.54) is 29.5 Å². The maximum Gasteiger partial charge on any atom is 0.0707 e. The summed E-state index contributed by atoms with van der Waals surface area (Å²) in [6.45, 7) is 4.01. The molecule has 94 valence electrons. The number of hydrogen-bond donors (Lipinski definition) is 0. The van der Waals surface area contributed by atoms with Crippen molar-refractivity contribution < 1.29 is 4.74 Å². The van der Waals surface area contributed by atoms with Crippen molar-refractivity contribution in [3.8, 4) is 0 Å². The van der Waals surface area contributed by atoms with Crippen LogP contribution in [-0.2, 0) is 11.2 Å². The summed E-state index contributed by atoms with van der Waals surface area (Å²) in [5.41, 5.74) is 3.69. The number of benzene rings is 1. The van der Waals surface area contributed by atoms with Gasteiger partial charge in [0.15, 0.2) is 0 Å². The molecule has 1 aliphatic heterocycles. The molecule has 1 aromatic carbocycles. The van der Waals surface area contributed by atoms with E-state index in [-0.39, 0.29) is 0 Å². The summed E-state index contributed by atoms with van der Waals surface area (Å²) in [5, 5.41) is 1.27. The quantitative estimate of drug-likeness (QED) is 0.802. The molecule has 1 aliphatic rings. The summed E-state index contributed by atoms with van der Waals surface area (Å²) in [7, 11) is 0. The molecule has 0 saturated carbocycles. The average molecular weight is 241 g/mol. The van der Waals surface area contributed by atoms with Crippen molar-refractivity contribution in [2.75, 3.05) is 13.2 Å². The Morgan fingerprint density at radius 2 is 2.00 bits per heavy atom. The van der Waals surface area contributed by atoms with Crippen molar-refractivity contribution in [3.63, 3.8) is 0 Å². The minimum Gasteiger partial charge on any atom is -0.381 e. The van der Waals surface area contributed by atoms with Crippen LogP contribution in [0.25, 0.3) is 10.9 Å². The lowest BCUT2D eigenvalue weighted by Crippen LogP contribution is -2.18. The molecule has 1 fully saturated rings. The van der Waals surface area contributed by atoms with Crippen molar-refractivity contribution in [2.45, 2.75) is 26.2 Å². The van der Waals surface area contributed by atoms with Crippen LogP contribution in [-0.4, -0.2) is 18.2 Å². The number of aromatic nitrogens is 1. The molecule has 2 heterocycles. The molecule has 0 aliphatic carbocycles. The number of fused-ring (bicyclic) bond motifs is 1. The third-order valence-electron chi connectivity index (χ3n) is 3.81. The number of para-hydroxylation sites is 1. The molecule has 2 heteroatoms. The molecule has 0 amide bonds. The van der Waals surface area contributed by atoms with Gasteiger partial charge < -0.3 is 4.74 Å². The lowest BCUT2D eigenvalue weighted by atomic mass is 9.94. The normalized spacial score (nSPS) is 17.2. The third-order valence-corrected chi connectivity index (χ3v) is 3.81. The van der Waals surface area contributed by atoms with Gasteiger partial charge >= 0.3 is 0 Å². The smallest absolute Gasteiger partial charge is 0.0707 e. The molecular formula is C16H19NO. The minimum atomic E-state index is 0.742. The van der Waals surface area contributed by atoms with Gasteiger partial charge in [-0.15, -0.1) is 0 Å². The van der Waals surface area contributed by atoms with Crippen molar-refractivity contribution >= 4 is 10.9 Å². The van der Waals surface area contributed by atoms with Gasteiger partial charge in [-0.1, -0.05) is 18.2 Å². The molecule has 0 atom stereocenters. The molecule has 0 radical (unpaired) electrons. The Hall–Kier alpha value is -1.41. The number of nitrogens with zero attached hydrogens (tertiary/aromatic N) is 1. The zero-order valence-electron chi connectivity index (χ0n) is 10.9. The van der Waals surface area contributed by atoms with E-state index in [1.54, 1.807) is 0 Å². The molecule has 1 aromatic heterocycles. The Morgan fingerprint density at radius 1 is 1.22 bits per heavy atom. The largest absolute Gasteiger partial charge is 0.381 e. The van der Waals surface area contributed by atoms with Crippen LogP contribution in [0.15, 0.2) is 30.3 Å². The Labute approximate surface area is 108 Å². The predicted octanol–water partition coefficient (Wildman–Crippen LogP) is 3.51. The van der Waals surface area contributed by atoms with E-state index in [9.17, 15) is 0 Å². The fourth-order valence-electron chi connectivity index (χ4n) is 2.77. The molecule has 2 nitrogen and oxygen atoms in total. The van der Waals surface area contributed by atoms with Gasteiger partial charge in [-0.3, -0.25) is 4.98 Å². The van der Waals surface area contributed by atoms with Crippen molar-refractivity contribution in [3.05, 3.63) is 41.6 Å². The highest BCUT2D eigenvalue weighted by Crippen LogP contribution is 2.22. The monoisotopic (exact) mass is 241 g/mol. The summed E-state index contributed by atoms with van der Waals surface area (Å²) in [6, 6.07) is 10.6. The van der Waals surface area contributed by atoms with Gasteiger partial charge in [0, 0.05) is 24.3 Å². The average Bonchev–Trinajstić information content (AvgIpc) is 2.40. The standard InChI is InChI=1S/C16H19NO/c1-12-10-14(11-13-6-8-18-9-7-13)17-16-5-3-2-4-15(12)16/h2-5,10,13H,6-9,11H2,1H3. The molecule has 2 aromatic rings. The first kappa shape index (κ1) is 11.7. The van der Waals surface area contributed by atoms with Crippen LogP contribution in [0.3, 0.4) is 0 Å². The lowest BCUT2D eigenvalue weighted by Gasteiger charge is -2.21. The zero-order valence-corrected chi connectivity index (χ0v) is 10.9. The highest BCUT2D eigenvalue weighted by Gasteiger charge is 2.15. The predicted molar refractivity (Wildman–Crippen MR) is 73.7 cm³/mol. The molecule has 18 heavy (non-hydrogen) atoms. The topological polar surface area (TPSA) is 22.1 Å². The summed E-state index contributed by atoms with van der Waals surface area (Å²) in [5.74, 6) is 0.742. The van der Waals surface area contributed by atoms with Crippen molar-refractivity contribution in [1.82, 2.24) is 4.98 Å². The number of pyridine rings is 1. The zero-order chi connectivity index (χ0) is 12.4. The maximum atomic E-state index is 5.41. The highest BCUT2D eigenvalue weighted by atomic mass is 16.5. The van der Waals surface area contributed by atoms with Gasteiger partial charge in [0.2, 0.25) is 0 Å². The molecule has 1 saturated heterocycles. The lowest BCUT2D eigenvalue weighted by molar-refractivity contribution is 0.0663. The second kappa shape index (κ2) is 5.07. The van der Waals surface area contributed by atoms with Gasteiger partial charge in [0.1, 0.15) is 0 Å². The van der Waals surface area contributed by atoms with Gasteiger partial charge in [-0.05, 0) is 49.8 Å². The first-order valence-electron chi connectivity index (χ1n) is 6.76. The molecule has 3 rings (SSSR count). The number of rotatable bonds is 2.